The smallest absolute Gasteiger partial charge is 0.362 e. The minimum Gasteiger partial charge on any atom is -0.362 e. The van der Waals surface area contributed by atoms with Gasteiger partial charge in [-0.15, -0.1) is 0 Å². The fourth-order valence-corrected chi connectivity index (χ4v) is 1.85. The van der Waals surface area contributed by atoms with Crippen molar-refractivity contribution in [2.24, 2.45) is 0 Å². The molecular weight excluding hydrogens is 284 g/mol. The van der Waals surface area contributed by atoms with Crippen LogP contribution in [-0.2, 0) is 14.6 Å². The van der Waals surface area contributed by atoms with Crippen molar-refractivity contribution in [3.63, 3.8) is 0 Å². The lowest BCUT2D eigenvalue weighted by molar-refractivity contribution is 0.273. The molecule has 0 heterocycles. The SMILES string of the molecule is CCCOS(=O)(=O)Oc1ccc(Br)cc1. The number of hydrogen-bond donors (Lipinski definition) is 0. The number of hydrogen-bond acceptors (Lipinski definition) is 4. The van der Waals surface area contributed by atoms with Gasteiger partial charge in [0.2, 0.25) is 0 Å². The van der Waals surface area contributed by atoms with Gasteiger partial charge in [0.15, 0.2) is 0 Å². The van der Waals surface area contributed by atoms with Crippen LogP contribution < -0.4 is 4.18 Å². The molecule has 84 valence electrons. The van der Waals surface area contributed by atoms with Gasteiger partial charge in [-0.2, -0.15) is 8.42 Å². The maximum Gasteiger partial charge on any atom is 0.449 e. The fourth-order valence-electron chi connectivity index (χ4n) is 0.817. The first kappa shape index (κ1) is 12.5. The Morgan fingerprint density at radius 2 is 1.87 bits per heavy atom. The Labute approximate surface area is 97.7 Å². The zero-order chi connectivity index (χ0) is 11.3. The van der Waals surface area contributed by atoms with E-state index in [-0.39, 0.29) is 12.4 Å². The number of benzene rings is 1. The van der Waals surface area contributed by atoms with Crippen molar-refractivity contribution >= 4 is 26.3 Å². The van der Waals surface area contributed by atoms with Crippen LogP contribution in [0.3, 0.4) is 0 Å². The van der Waals surface area contributed by atoms with E-state index in [2.05, 4.69) is 24.3 Å². The predicted molar refractivity (Wildman–Crippen MR) is 59.9 cm³/mol. The minimum absolute atomic E-state index is 0.124. The second-order valence-electron chi connectivity index (χ2n) is 2.77. The molecule has 15 heavy (non-hydrogen) atoms. The van der Waals surface area contributed by atoms with Crippen molar-refractivity contribution in [2.75, 3.05) is 6.61 Å². The van der Waals surface area contributed by atoms with Crippen LogP contribution in [0.25, 0.3) is 0 Å². The van der Waals surface area contributed by atoms with E-state index in [1.807, 2.05) is 6.92 Å². The molecule has 0 bridgehead atoms. The van der Waals surface area contributed by atoms with Gasteiger partial charge in [-0.1, -0.05) is 22.9 Å². The molecule has 0 spiro atoms. The summed E-state index contributed by atoms with van der Waals surface area (Å²) in [6, 6.07) is 6.45. The average molecular weight is 295 g/mol. The molecule has 0 amide bonds. The molecule has 0 aromatic heterocycles. The van der Waals surface area contributed by atoms with Crippen LogP contribution in [0.5, 0.6) is 5.75 Å². The van der Waals surface area contributed by atoms with Crippen LogP contribution >= 0.6 is 15.9 Å². The molecule has 4 nitrogen and oxygen atoms in total. The van der Waals surface area contributed by atoms with Gasteiger partial charge in [0.05, 0.1) is 6.61 Å². The van der Waals surface area contributed by atoms with Gasteiger partial charge >= 0.3 is 10.4 Å². The van der Waals surface area contributed by atoms with Crippen molar-refractivity contribution in [3.8, 4) is 5.75 Å². The molecular formula is C9H11BrO4S. The lowest BCUT2D eigenvalue weighted by atomic mass is 10.3. The third-order valence-electron chi connectivity index (χ3n) is 1.44. The van der Waals surface area contributed by atoms with Crippen molar-refractivity contribution in [1.82, 2.24) is 0 Å². The van der Waals surface area contributed by atoms with Gasteiger partial charge in [0.1, 0.15) is 5.75 Å². The van der Waals surface area contributed by atoms with Crippen LogP contribution in [0, 0.1) is 0 Å². The topological polar surface area (TPSA) is 52.6 Å². The molecule has 0 saturated carbocycles. The Morgan fingerprint density at radius 3 is 2.40 bits per heavy atom. The molecule has 1 aromatic rings. The molecule has 0 radical (unpaired) electrons. The molecule has 0 N–H and O–H groups in total. The molecule has 6 heteroatoms. The summed E-state index contributed by atoms with van der Waals surface area (Å²) < 4.78 is 32.5. The standard InChI is InChI=1S/C9H11BrO4S/c1-2-7-13-15(11,12)14-9-5-3-8(10)4-6-9/h3-6H,2,7H2,1H3. The summed E-state index contributed by atoms with van der Waals surface area (Å²) >= 11 is 3.23. The van der Waals surface area contributed by atoms with Gasteiger partial charge in [-0.25, -0.2) is 4.18 Å². The zero-order valence-electron chi connectivity index (χ0n) is 8.14. The first-order valence-corrected chi connectivity index (χ1v) is 6.50. The number of halogens is 1. The minimum atomic E-state index is -3.92. The third kappa shape index (κ3) is 4.63. The van der Waals surface area contributed by atoms with Crippen LogP contribution in [0.4, 0.5) is 0 Å². The zero-order valence-corrected chi connectivity index (χ0v) is 10.5. The molecule has 1 aromatic carbocycles. The van der Waals surface area contributed by atoms with Gasteiger partial charge in [0, 0.05) is 4.47 Å². The summed E-state index contributed by atoms with van der Waals surface area (Å²) in [6.07, 6.45) is 0.614. The summed E-state index contributed by atoms with van der Waals surface area (Å²) in [5.74, 6) is 0.231. The van der Waals surface area contributed by atoms with Crippen LogP contribution in [0.1, 0.15) is 13.3 Å². The molecule has 0 aliphatic rings. The van der Waals surface area contributed by atoms with E-state index < -0.39 is 10.4 Å². The summed E-state index contributed by atoms with van der Waals surface area (Å²) in [4.78, 5) is 0. The third-order valence-corrected chi connectivity index (χ3v) is 2.82. The quantitative estimate of drug-likeness (QED) is 0.837. The normalized spacial score (nSPS) is 11.3. The Morgan fingerprint density at radius 1 is 1.27 bits per heavy atom. The lowest BCUT2D eigenvalue weighted by Gasteiger charge is -2.05. The monoisotopic (exact) mass is 294 g/mol. The van der Waals surface area contributed by atoms with E-state index in [4.69, 9.17) is 0 Å². The van der Waals surface area contributed by atoms with Crippen molar-refractivity contribution in [1.29, 1.82) is 0 Å². The first-order valence-electron chi connectivity index (χ1n) is 4.38. The predicted octanol–water partition coefficient (Wildman–Crippen LogP) is 2.50. The Balaban J connectivity index is 2.65. The van der Waals surface area contributed by atoms with E-state index in [1.54, 1.807) is 12.1 Å². The summed E-state index contributed by atoms with van der Waals surface area (Å²) in [6.45, 7) is 1.94. The molecule has 0 aliphatic heterocycles. The second-order valence-corrected chi connectivity index (χ2v) is 4.90. The van der Waals surface area contributed by atoms with E-state index >= 15 is 0 Å². The van der Waals surface area contributed by atoms with E-state index in [0.717, 1.165) is 4.47 Å². The molecule has 0 saturated heterocycles. The summed E-state index contributed by atoms with van der Waals surface area (Å²) in [7, 11) is -3.92. The van der Waals surface area contributed by atoms with Crippen LogP contribution in [-0.4, -0.2) is 15.0 Å². The molecule has 0 atom stereocenters. The Bertz CT molecular complexity index is 399. The van der Waals surface area contributed by atoms with Crippen molar-refractivity contribution in [3.05, 3.63) is 28.7 Å². The lowest BCUT2D eigenvalue weighted by Crippen LogP contribution is -2.13. The highest BCUT2D eigenvalue weighted by Crippen LogP contribution is 2.18. The maximum absolute atomic E-state index is 11.2. The Kier molecular flexibility index (Phi) is 4.56. The number of rotatable bonds is 5. The van der Waals surface area contributed by atoms with Gasteiger partial charge in [-0.3, -0.25) is 0 Å². The maximum atomic E-state index is 11.2. The Hall–Kier alpha value is -0.590. The highest BCUT2D eigenvalue weighted by atomic mass is 79.9. The summed E-state index contributed by atoms with van der Waals surface area (Å²) in [5, 5.41) is 0. The van der Waals surface area contributed by atoms with E-state index in [9.17, 15) is 8.42 Å². The first-order chi connectivity index (χ1) is 7.03. The van der Waals surface area contributed by atoms with E-state index in [0.29, 0.717) is 6.42 Å². The molecule has 1 rings (SSSR count). The second kappa shape index (κ2) is 5.48. The van der Waals surface area contributed by atoms with Crippen LogP contribution in [0.15, 0.2) is 28.7 Å². The van der Waals surface area contributed by atoms with Crippen molar-refractivity contribution < 1.29 is 16.8 Å². The van der Waals surface area contributed by atoms with Gasteiger partial charge in [-0.05, 0) is 30.7 Å². The van der Waals surface area contributed by atoms with Crippen LogP contribution in [0.2, 0.25) is 0 Å². The van der Waals surface area contributed by atoms with E-state index in [1.165, 1.54) is 12.1 Å². The van der Waals surface area contributed by atoms with Gasteiger partial charge < -0.3 is 4.18 Å². The van der Waals surface area contributed by atoms with Crippen molar-refractivity contribution in [2.45, 2.75) is 13.3 Å². The largest absolute Gasteiger partial charge is 0.449 e. The molecule has 0 fully saturated rings. The highest BCUT2D eigenvalue weighted by molar-refractivity contribution is 9.10. The fraction of sp³-hybridized carbons (Fsp3) is 0.333. The molecule has 0 unspecified atom stereocenters. The highest BCUT2D eigenvalue weighted by Gasteiger charge is 2.12. The van der Waals surface area contributed by atoms with Gasteiger partial charge in [0.25, 0.3) is 0 Å². The molecule has 0 aliphatic carbocycles. The summed E-state index contributed by atoms with van der Waals surface area (Å²) in [5.41, 5.74) is 0. The average Bonchev–Trinajstić information content (AvgIpc) is 2.18.